The van der Waals surface area contributed by atoms with Gasteiger partial charge in [-0.3, -0.25) is 4.98 Å². The number of nitrogens with one attached hydrogen (secondary N) is 1. The normalized spacial score (nSPS) is 15.6. The highest BCUT2D eigenvalue weighted by atomic mass is 16.5. The first-order valence-corrected chi connectivity index (χ1v) is 8.45. The van der Waals surface area contributed by atoms with Gasteiger partial charge in [-0.1, -0.05) is 18.1 Å². The average Bonchev–Trinajstić information content (AvgIpc) is 2.57. The summed E-state index contributed by atoms with van der Waals surface area (Å²) in [4.78, 5) is 9.02. The van der Waals surface area contributed by atoms with E-state index in [1.54, 1.807) is 26.6 Å². The Morgan fingerprint density at radius 3 is 2.62 bits per heavy atom. The Morgan fingerprint density at radius 1 is 1.21 bits per heavy atom. The van der Waals surface area contributed by atoms with Crippen molar-refractivity contribution in [3.8, 4) is 17.0 Å². The molecule has 1 aliphatic rings. The van der Waals surface area contributed by atoms with Crippen LogP contribution in [0.25, 0.3) is 11.3 Å². The summed E-state index contributed by atoms with van der Waals surface area (Å²) in [5.74, 6) is 2.25. The van der Waals surface area contributed by atoms with Crippen molar-refractivity contribution in [3.05, 3.63) is 36.2 Å². The minimum atomic E-state index is 0.247. The topological polar surface area (TPSA) is 56.3 Å². The summed E-state index contributed by atoms with van der Waals surface area (Å²) in [5.41, 5.74) is 2.93. The molecule has 3 rings (SSSR count). The lowest BCUT2D eigenvalue weighted by atomic mass is 9.81. The van der Waals surface area contributed by atoms with E-state index < -0.39 is 0 Å². The second-order valence-electron chi connectivity index (χ2n) is 6.34. The van der Waals surface area contributed by atoms with Crippen LogP contribution < -0.4 is 10.1 Å². The van der Waals surface area contributed by atoms with Crippen molar-refractivity contribution in [2.24, 2.45) is 5.92 Å². The predicted octanol–water partition coefficient (Wildman–Crippen LogP) is 3.69. The number of rotatable bonds is 7. The van der Waals surface area contributed by atoms with Crippen LogP contribution in [0.2, 0.25) is 0 Å². The molecular formula is C19H25N3O2. The van der Waals surface area contributed by atoms with Crippen LogP contribution in [0, 0.1) is 12.8 Å². The Balaban J connectivity index is 1.68. The zero-order valence-electron chi connectivity index (χ0n) is 14.6. The number of hydrogen-bond donors (Lipinski definition) is 1. The highest BCUT2D eigenvalue weighted by Gasteiger charge is 2.26. The minimum Gasteiger partial charge on any atom is -0.496 e. The van der Waals surface area contributed by atoms with Crippen LogP contribution in [0.3, 0.4) is 0 Å². The van der Waals surface area contributed by atoms with Crippen molar-refractivity contribution in [2.45, 2.75) is 32.3 Å². The first kappa shape index (κ1) is 16.7. The van der Waals surface area contributed by atoms with Gasteiger partial charge >= 0.3 is 0 Å². The lowest BCUT2D eigenvalue weighted by molar-refractivity contribution is 0.0288. The van der Waals surface area contributed by atoms with Crippen LogP contribution >= 0.6 is 0 Å². The molecule has 0 saturated heterocycles. The summed E-state index contributed by atoms with van der Waals surface area (Å²) < 4.78 is 11.0. The Bertz CT molecular complexity index is 669. The molecule has 24 heavy (non-hydrogen) atoms. The van der Waals surface area contributed by atoms with Crippen molar-refractivity contribution >= 4 is 5.82 Å². The zero-order chi connectivity index (χ0) is 16.9. The fourth-order valence-electron chi connectivity index (χ4n) is 3.04. The molecule has 5 nitrogen and oxygen atoms in total. The van der Waals surface area contributed by atoms with Crippen LogP contribution in [-0.4, -0.2) is 36.8 Å². The second-order valence-corrected chi connectivity index (χ2v) is 6.34. The number of anilines is 1. The van der Waals surface area contributed by atoms with Crippen LogP contribution in [0.15, 0.2) is 30.6 Å². The van der Waals surface area contributed by atoms with Gasteiger partial charge in [0.15, 0.2) is 0 Å². The second kappa shape index (κ2) is 7.62. The number of aryl methyl sites for hydroxylation is 1. The molecule has 1 unspecified atom stereocenters. The van der Waals surface area contributed by atoms with E-state index in [0.717, 1.165) is 29.4 Å². The molecule has 1 saturated carbocycles. The van der Waals surface area contributed by atoms with Gasteiger partial charge in [0, 0.05) is 19.2 Å². The van der Waals surface area contributed by atoms with Gasteiger partial charge in [-0.05, 0) is 37.8 Å². The highest BCUT2D eigenvalue weighted by molar-refractivity contribution is 5.67. The van der Waals surface area contributed by atoms with Gasteiger partial charge in [-0.25, -0.2) is 4.98 Å². The largest absolute Gasteiger partial charge is 0.496 e. The number of benzene rings is 1. The number of methoxy groups -OCH3 is 2. The van der Waals surface area contributed by atoms with Gasteiger partial charge in [-0.2, -0.15) is 0 Å². The summed E-state index contributed by atoms with van der Waals surface area (Å²) in [5, 5.41) is 3.33. The third kappa shape index (κ3) is 3.67. The van der Waals surface area contributed by atoms with E-state index >= 15 is 0 Å². The number of hydrogen-bond acceptors (Lipinski definition) is 5. The van der Waals surface area contributed by atoms with Crippen molar-refractivity contribution < 1.29 is 9.47 Å². The molecule has 0 amide bonds. The molecule has 128 valence electrons. The third-order valence-electron chi connectivity index (χ3n) is 4.75. The fraction of sp³-hybridized carbons (Fsp3) is 0.474. The summed E-state index contributed by atoms with van der Waals surface area (Å²) in [7, 11) is 3.45. The number of ether oxygens (including phenoxy) is 2. The first-order chi connectivity index (χ1) is 11.7. The molecule has 2 aromatic rings. The van der Waals surface area contributed by atoms with E-state index in [1.807, 2.05) is 12.1 Å². The Morgan fingerprint density at radius 2 is 2.04 bits per heavy atom. The van der Waals surface area contributed by atoms with Crippen LogP contribution in [-0.2, 0) is 4.74 Å². The van der Waals surface area contributed by atoms with Crippen LogP contribution in [0.4, 0.5) is 5.82 Å². The maximum atomic E-state index is 5.59. The summed E-state index contributed by atoms with van der Waals surface area (Å²) >= 11 is 0. The molecule has 1 aromatic heterocycles. The maximum absolute atomic E-state index is 5.59. The van der Waals surface area contributed by atoms with Gasteiger partial charge in [-0.15, -0.1) is 0 Å². The molecule has 0 aliphatic heterocycles. The SMILES string of the molecule is COc1ccc(C)cc1-c1cnc(NCC(OC)C2CCC2)cn1. The monoisotopic (exact) mass is 327 g/mol. The van der Waals surface area contributed by atoms with Crippen molar-refractivity contribution in [1.82, 2.24) is 9.97 Å². The average molecular weight is 327 g/mol. The van der Waals surface area contributed by atoms with E-state index in [-0.39, 0.29) is 6.10 Å². The maximum Gasteiger partial charge on any atom is 0.144 e. The van der Waals surface area contributed by atoms with E-state index in [0.29, 0.717) is 5.92 Å². The molecule has 1 fully saturated rings. The van der Waals surface area contributed by atoms with E-state index in [9.17, 15) is 0 Å². The smallest absolute Gasteiger partial charge is 0.144 e. The predicted molar refractivity (Wildman–Crippen MR) is 95.4 cm³/mol. The molecule has 0 bridgehead atoms. The third-order valence-corrected chi connectivity index (χ3v) is 4.75. The molecule has 1 heterocycles. The molecule has 1 N–H and O–H groups in total. The summed E-state index contributed by atoms with van der Waals surface area (Å²) in [6.45, 7) is 2.82. The lowest BCUT2D eigenvalue weighted by Gasteiger charge is -2.32. The number of nitrogens with zero attached hydrogens (tertiary/aromatic N) is 2. The Kier molecular flexibility index (Phi) is 5.30. The van der Waals surface area contributed by atoms with Gasteiger partial charge in [0.1, 0.15) is 11.6 Å². The van der Waals surface area contributed by atoms with Crippen molar-refractivity contribution in [3.63, 3.8) is 0 Å². The molecule has 1 atom stereocenters. The van der Waals surface area contributed by atoms with Gasteiger partial charge in [0.05, 0.1) is 31.3 Å². The Labute approximate surface area is 143 Å². The molecular weight excluding hydrogens is 302 g/mol. The fourth-order valence-corrected chi connectivity index (χ4v) is 3.04. The quantitative estimate of drug-likeness (QED) is 0.840. The first-order valence-electron chi connectivity index (χ1n) is 8.45. The van der Waals surface area contributed by atoms with Gasteiger partial charge in [0.25, 0.3) is 0 Å². The summed E-state index contributed by atoms with van der Waals surface area (Å²) in [6, 6.07) is 6.05. The minimum absolute atomic E-state index is 0.247. The molecule has 1 aliphatic carbocycles. The summed E-state index contributed by atoms with van der Waals surface area (Å²) in [6.07, 6.45) is 7.64. The van der Waals surface area contributed by atoms with Crippen molar-refractivity contribution in [2.75, 3.05) is 26.1 Å². The standard InChI is InChI=1S/C19H25N3O2/c1-13-7-8-17(23-2)15(9-13)16-10-21-19(12-20-16)22-11-18(24-3)14-5-4-6-14/h7-10,12,14,18H,4-6,11H2,1-3H3,(H,21,22). The van der Waals surface area contributed by atoms with Crippen LogP contribution in [0.1, 0.15) is 24.8 Å². The van der Waals surface area contributed by atoms with E-state index in [1.165, 1.54) is 24.8 Å². The van der Waals surface area contributed by atoms with Gasteiger partial charge in [0.2, 0.25) is 0 Å². The van der Waals surface area contributed by atoms with E-state index in [2.05, 4.69) is 28.3 Å². The molecule has 0 radical (unpaired) electrons. The molecule has 1 aromatic carbocycles. The molecule has 0 spiro atoms. The zero-order valence-corrected chi connectivity index (χ0v) is 14.6. The van der Waals surface area contributed by atoms with E-state index in [4.69, 9.17) is 9.47 Å². The lowest BCUT2D eigenvalue weighted by Crippen LogP contribution is -2.34. The van der Waals surface area contributed by atoms with Crippen molar-refractivity contribution in [1.29, 1.82) is 0 Å². The van der Waals surface area contributed by atoms with Crippen LogP contribution in [0.5, 0.6) is 5.75 Å². The number of aromatic nitrogens is 2. The van der Waals surface area contributed by atoms with Gasteiger partial charge < -0.3 is 14.8 Å². The Hall–Kier alpha value is -2.14. The highest BCUT2D eigenvalue weighted by Crippen LogP contribution is 2.31. The molecule has 5 heteroatoms.